The number of nitrogens with zero attached hydrogens (tertiary/aromatic N) is 1. The van der Waals surface area contributed by atoms with E-state index in [2.05, 4.69) is 11.8 Å². The summed E-state index contributed by atoms with van der Waals surface area (Å²) in [4.78, 5) is 2.56. The number of halogens is 1. The molecule has 1 aliphatic rings. The van der Waals surface area contributed by atoms with Gasteiger partial charge in [-0.1, -0.05) is 0 Å². The van der Waals surface area contributed by atoms with Crippen molar-refractivity contribution in [2.75, 3.05) is 32.7 Å². The molecule has 1 fully saturated rings. The zero-order chi connectivity index (χ0) is 10.4. The predicted molar refractivity (Wildman–Crippen MR) is 61.0 cm³/mol. The fraction of sp³-hybridized carbons (Fsp3) is 1.00. The van der Waals surface area contributed by atoms with Gasteiger partial charge < -0.3 is 9.64 Å². The number of hydrogen-bond donors (Lipinski definition) is 0. The number of ether oxygens (including phenoxy) is 1. The third kappa shape index (κ3) is 3.76. The van der Waals surface area contributed by atoms with Crippen LogP contribution in [0.2, 0.25) is 0 Å². The minimum atomic E-state index is 0.659. The zero-order valence-electron chi connectivity index (χ0n) is 9.34. The molecule has 1 unspecified atom stereocenters. The molecule has 14 heavy (non-hydrogen) atoms. The molecule has 1 saturated heterocycles. The van der Waals surface area contributed by atoms with Crippen LogP contribution in [0.25, 0.3) is 0 Å². The van der Waals surface area contributed by atoms with Crippen molar-refractivity contribution in [2.24, 2.45) is 5.92 Å². The van der Waals surface area contributed by atoms with Crippen LogP contribution in [0.1, 0.15) is 26.2 Å². The lowest BCUT2D eigenvalue weighted by Gasteiger charge is -2.35. The zero-order valence-corrected chi connectivity index (χ0v) is 10.1. The SMILES string of the molecule is COCCC(C)N1CCC(CCl)CC1. The van der Waals surface area contributed by atoms with Gasteiger partial charge in [-0.05, 0) is 45.2 Å². The molecule has 1 heterocycles. The van der Waals surface area contributed by atoms with Gasteiger partial charge in [0.2, 0.25) is 0 Å². The Morgan fingerprint density at radius 3 is 2.57 bits per heavy atom. The smallest absolute Gasteiger partial charge is 0.0477 e. The average Bonchev–Trinajstić information content (AvgIpc) is 2.26. The Morgan fingerprint density at radius 2 is 2.07 bits per heavy atom. The summed E-state index contributed by atoms with van der Waals surface area (Å²) in [6.45, 7) is 5.58. The van der Waals surface area contributed by atoms with Crippen molar-refractivity contribution < 1.29 is 4.74 Å². The maximum atomic E-state index is 5.85. The van der Waals surface area contributed by atoms with Crippen molar-refractivity contribution in [3.05, 3.63) is 0 Å². The fourth-order valence-electron chi connectivity index (χ4n) is 2.02. The van der Waals surface area contributed by atoms with E-state index >= 15 is 0 Å². The lowest BCUT2D eigenvalue weighted by atomic mass is 9.97. The Labute approximate surface area is 92.6 Å². The van der Waals surface area contributed by atoms with E-state index < -0.39 is 0 Å². The highest BCUT2D eigenvalue weighted by Gasteiger charge is 2.21. The van der Waals surface area contributed by atoms with Gasteiger partial charge in [-0.2, -0.15) is 0 Å². The Balaban J connectivity index is 2.19. The van der Waals surface area contributed by atoms with Gasteiger partial charge in [-0.3, -0.25) is 0 Å². The summed E-state index contributed by atoms with van der Waals surface area (Å²) in [5, 5.41) is 0. The average molecular weight is 220 g/mol. The van der Waals surface area contributed by atoms with E-state index in [4.69, 9.17) is 16.3 Å². The molecule has 3 heteroatoms. The fourth-order valence-corrected chi connectivity index (χ4v) is 2.33. The minimum absolute atomic E-state index is 0.659. The molecule has 0 radical (unpaired) electrons. The second-order valence-electron chi connectivity index (χ2n) is 4.26. The molecule has 1 atom stereocenters. The second-order valence-corrected chi connectivity index (χ2v) is 4.57. The van der Waals surface area contributed by atoms with E-state index in [-0.39, 0.29) is 0 Å². The van der Waals surface area contributed by atoms with Gasteiger partial charge in [0.25, 0.3) is 0 Å². The van der Waals surface area contributed by atoms with Crippen LogP contribution in [-0.4, -0.2) is 43.6 Å². The molecule has 0 bridgehead atoms. The highest BCUT2D eigenvalue weighted by Crippen LogP contribution is 2.20. The lowest BCUT2D eigenvalue weighted by Crippen LogP contribution is -2.40. The van der Waals surface area contributed by atoms with Crippen molar-refractivity contribution in [2.45, 2.75) is 32.2 Å². The van der Waals surface area contributed by atoms with Gasteiger partial charge in [-0.25, -0.2) is 0 Å². The van der Waals surface area contributed by atoms with Crippen LogP contribution >= 0.6 is 11.6 Å². The van der Waals surface area contributed by atoms with E-state index in [0.29, 0.717) is 6.04 Å². The summed E-state index contributed by atoms with van der Waals surface area (Å²) in [5.41, 5.74) is 0. The summed E-state index contributed by atoms with van der Waals surface area (Å²) in [6, 6.07) is 0.659. The second kappa shape index (κ2) is 6.65. The maximum Gasteiger partial charge on any atom is 0.0477 e. The van der Waals surface area contributed by atoms with Crippen molar-refractivity contribution in [1.82, 2.24) is 4.90 Å². The number of hydrogen-bond acceptors (Lipinski definition) is 2. The van der Waals surface area contributed by atoms with Crippen molar-refractivity contribution in [3.8, 4) is 0 Å². The Morgan fingerprint density at radius 1 is 1.43 bits per heavy atom. The molecule has 1 rings (SSSR count). The molecule has 0 aliphatic carbocycles. The lowest BCUT2D eigenvalue weighted by molar-refractivity contribution is 0.110. The van der Waals surface area contributed by atoms with E-state index in [0.717, 1.165) is 24.8 Å². The number of rotatable bonds is 5. The number of likely N-dealkylation sites (tertiary alicyclic amines) is 1. The predicted octanol–water partition coefficient (Wildman–Crippen LogP) is 2.36. The number of alkyl halides is 1. The highest BCUT2D eigenvalue weighted by molar-refractivity contribution is 6.18. The van der Waals surface area contributed by atoms with Crippen LogP contribution < -0.4 is 0 Å². The van der Waals surface area contributed by atoms with Crippen LogP contribution in [0, 0.1) is 5.92 Å². The van der Waals surface area contributed by atoms with Gasteiger partial charge >= 0.3 is 0 Å². The molecule has 0 aromatic rings. The quantitative estimate of drug-likeness (QED) is 0.659. The Bertz CT molecular complexity index is 146. The van der Waals surface area contributed by atoms with Crippen LogP contribution in [-0.2, 0) is 4.74 Å². The monoisotopic (exact) mass is 219 g/mol. The Hall–Kier alpha value is 0.210. The summed E-state index contributed by atoms with van der Waals surface area (Å²) >= 11 is 5.85. The molecule has 0 aromatic carbocycles. The molecule has 84 valence electrons. The van der Waals surface area contributed by atoms with Gasteiger partial charge in [0.05, 0.1) is 0 Å². The largest absolute Gasteiger partial charge is 0.385 e. The normalized spacial score (nSPS) is 22.5. The van der Waals surface area contributed by atoms with Crippen molar-refractivity contribution in [3.63, 3.8) is 0 Å². The Kier molecular flexibility index (Phi) is 5.83. The first-order valence-corrected chi connectivity index (χ1v) is 6.10. The molecule has 0 spiro atoms. The standard InChI is InChI=1S/C11H22ClNO/c1-10(5-8-14-2)13-6-3-11(9-12)4-7-13/h10-11H,3-9H2,1-2H3. The molecule has 0 saturated carbocycles. The topological polar surface area (TPSA) is 12.5 Å². The van der Waals surface area contributed by atoms with E-state index in [1.807, 2.05) is 0 Å². The van der Waals surface area contributed by atoms with Crippen molar-refractivity contribution >= 4 is 11.6 Å². The van der Waals surface area contributed by atoms with E-state index in [9.17, 15) is 0 Å². The summed E-state index contributed by atoms with van der Waals surface area (Å²) in [5.74, 6) is 1.59. The van der Waals surface area contributed by atoms with Crippen LogP contribution in [0.4, 0.5) is 0 Å². The molecule has 0 aromatic heterocycles. The van der Waals surface area contributed by atoms with Gasteiger partial charge in [-0.15, -0.1) is 11.6 Å². The van der Waals surface area contributed by atoms with Gasteiger partial charge in [0.15, 0.2) is 0 Å². The molecule has 0 N–H and O–H groups in total. The van der Waals surface area contributed by atoms with E-state index in [1.54, 1.807) is 7.11 Å². The summed E-state index contributed by atoms with van der Waals surface area (Å²) in [7, 11) is 1.77. The molecule has 2 nitrogen and oxygen atoms in total. The van der Waals surface area contributed by atoms with Gasteiger partial charge in [0.1, 0.15) is 0 Å². The number of methoxy groups -OCH3 is 1. The van der Waals surface area contributed by atoms with Crippen LogP contribution in [0.3, 0.4) is 0 Å². The van der Waals surface area contributed by atoms with Gasteiger partial charge in [0, 0.05) is 25.6 Å². The third-order valence-corrected chi connectivity index (χ3v) is 3.67. The molecule has 0 amide bonds. The third-order valence-electron chi connectivity index (χ3n) is 3.23. The summed E-state index contributed by atoms with van der Waals surface area (Å²) in [6.07, 6.45) is 3.67. The first kappa shape index (κ1) is 12.3. The minimum Gasteiger partial charge on any atom is -0.385 e. The molecule has 1 aliphatic heterocycles. The van der Waals surface area contributed by atoms with Crippen LogP contribution in [0.5, 0.6) is 0 Å². The maximum absolute atomic E-state index is 5.85. The van der Waals surface area contributed by atoms with Crippen molar-refractivity contribution in [1.29, 1.82) is 0 Å². The highest BCUT2D eigenvalue weighted by atomic mass is 35.5. The summed E-state index contributed by atoms with van der Waals surface area (Å²) < 4.78 is 5.10. The van der Waals surface area contributed by atoms with Crippen LogP contribution in [0.15, 0.2) is 0 Å². The first-order valence-electron chi connectivity index (χ1n) is 5.57. The molecular formula is C11H22ClNO. The van der Waals surface area contributed by atoms with E-state index in [1.165, 1.54) is 25.9 Å². The molecular weight excluding hydrogens is 198 g/mol. The number of piperidine rings is 1. The first-order chi connectivity index (χ1) is 6.77.